The number of aliphatic hydroxyl groups excluding tert-OH is 1. The van der Waals surface area contributed by atoms with E-state index in [0.29, 0.717) is 13.2 Å². The summed E-state index contributed by atoms with van der Waals surface area (Å²) >= 11 is 0. The van der Waals surface area contributed by atoms with Gasteiger partial charge in [0.1, 0.15) is 0 Å². The van der Waals surface area contributed by atoms with Crippen LogP contribution in [0.2, 0.25) is 0 Å². The van der Waals surface area contributed by atoms with Crippen LogP contribution in [0.4, 0.5) is 0 Å². The highest BCUT2D eigenvalue weighted by atomic mass is 16.5. The number of rotatable bonds is 2. The van der Waals surface area contributed by atoms with Gasteiger partial charge in [-0.1, -0.05) is 18.2 Å². The van der Waals surface area contributed by atoms with E-state index in [1.165, 1.54) is 11.1 Å². The summed E-state index contributed by atoms with van der Waals surface area (Å²) in [5.74, 6) is 0. The van der Waals surface area contributed by atoms with Gasteiger partial charge in [-0.25, -0.2) is 0 Å². The lowest BCUT2D eigenvalue weighted by atomic mass is 9.92. The highest BCUT2D eigenvalue weighted by Crippen LogP contribution is 2.50. The second kappa shape index (κ2) is 3.04. The first-order valence-electron chi connectivity index (χ1n) is 5.28. The van der Waals surface area contributed by atoms with Crippen LogP contribution in [0.1, 0.15) is 29.5 Å². The van der Waals surface area contributed by atoms with Gasteiger partial charge in [-0.15, -0.1) is 0 Å². The molecule has 0 radical (unpaired) electrons. The molecule has 3 nitrogen and oxygen atoms in total. The minimum Gasteiger partial charge on any atom is -0.372 e. The third-order valence-electron chi connectivity index (χ3n) is 3.58. The lowest BCUT2D eigenvalue weighted by molar-refractivity contribution is -0.0694. The molecule has 1 saturated carbocycles. The van der Waals surface area contributed by atoms with Crippen molar-refractivity contribution in [3.8, 4) is 0 Å². The maximum absolute atomic E-state index is 9.37. The van der Waals surface area contributed by atoms with E-state index in [0.717, 1.165) is 18.4 Å². The van der Waals surface area contributed by atoms with Crippen molar-refractivity contribution in [2.24, 2.45) is 0 Å². The maximum Gasteiger partial charge on any atom is 0.161 e. The lowest BCUT2D eigenvalue weighted by Crippen LogP contribution is -2.25. The lowest BCUT2D eigenvalue weighted by Gasteiger charge is -2.18. The molecule has 1 aliphatic carbocycles. The topological polar surface area (TPSA) is 49.7 Å². The van der Waals surface area contributed by atoms with Gasteiger partial charge in [0.2, 0.25) is 0 Å². The Labute approximate surface area is 88.3 Å². The molecule has 0 saturated heterocycles. The third kappa shape index (κ3) is 1.31. The van der Waals surface area contributed by atoms with Crippen LogP contribution in [0, 0.1) is 0 Å². The maximum atomic E-state index is 9.37. The van der Waals surface area contributed by atoms with E-state index in [4.69, 9.17) is 4.74 Å². The average Bonchev–Trinajstić information content (AvgIpc) is 2.91. The molecule has 1 aromatic carbocycles. The van der Waals surface area contributed by atoms with E-state index >= 15 is 0 Å². The summed E-state index contributed by atoms with van der Waals surface area (Å²) in [6.07, 6.45) is 0.493. The van der Waals surface area contributed by atoms with Crippen molar-refractivity contribution in [1.82, 2.24) is 0 Å². The summed E-state index contributed by atoms with van der Waals surface area (Å²) in [5.41, 5.74) is 3.07. The SMILES string of the molecule is OC(O)C1(c2ccc3c(c2)COC3)CC1. The van der Waals surface area contributed by atoms with Crippen LogP contribution in [0.15, 0.2) is 18.2 Å². The molecule has 1 aromatic rings. The van der Waals surface area contributed by atoms with Gasteiger partial charge in [-0.3, -0.25) is 0 Å². The molecule has 3 rings (SSSR count). The normalized spacial score (nSPS) is 21.8. The highest BCUT2D eigenvalue weighted by molar-refractivity contribution is 5.40. The highest BCUT2D eigenvalue weighted by Gasteiger charge is 2.50. The van der Waals surface area contributed by atoms with Gasteiger partial charge < -0.3 is 14.9 Å². The van der Waals surface area contributed by atoms with Gasteiger partial charge in [0.25, 0.3) is 0 Å². The number of benzene rings is 1. The van der Waals surface area contributed by atoms with Crippen LogP contribution in [0.5, 0.6) is 0 Å². The van der Waals surface area contributed by atoms with Crippen LogP contribution < -0.4 is 0 Å². The monoisotopic (exact) mass is 206 g/mol. The van der Waals surface area contributed by atoms with Crippen LogP contribution in [0.25, 0.3) is 0 Å². The molecule has 0 bridgehead atoms. The zero-order chi connectivity index (χ0) is 10.5. The first-order valence-corrected chi connectivity index (χ1v) is 5.28. The van der Waals surface area contributed by atoms with Crippen molar-refractivity contribution in [3.63, 3.8) is 0 Å². The zero-order valence-corrected chi connectivity index (χ0v) is 8.44. The largest absolute Gasteiger partial charge is 0.372 e. The van der Waals surface area contributed by atoms with Crippen LogP contribution in [0.3, 0.4) is 0 Å². The zero-order valence-electron chi connectivity index (χ0n) is 8.44. The second-order valence-electron chi connectivity index (χ2n) is 4.51. The van der Waals surface area contributed by atoms with E-state index in [2.05, 4.69) is 6.07 Å². The van der Waals surface area contributed by atoms with Crippen molar-refractivity contribution >= 4 is 0 Å². The molecule has 1 heterocycles. The van der Waals surface area contributed by atoms with Crippen LogP contribution in [-0.4, -0.2) is 16.5 Å². The fraction of sp³-hybridized carbons (Fsp3) is 0.500. The molecule has 15 heavy (non-hydrogen) atoms. The molecular formula is C12H14O3. The number of ether oxygens (including phenoxy) is 1. The molecule has 3 heteroatoms. The third-order valence-corrected chi connectivity index (χ3v) is 3.58. The molecule has 1 fully saturated rings. The Kier molecular flexibility index (Phi) is 1.89. The van der Waals surface area contributed by atoms with Gasteiger partial charge in [-0.05, 0) is 29.5 Å². The van der Waals surface area contributed by atoms with E-state index < -0.39 is 11.7 Å². The fourth-order valence-corrected chi connectivity index (χ4v) is 2.31. The smallest absolute Gasteiger partial charge is 0.161 e. The van der Waals surface area contributed by atoms with Gasteiger partial charge in [-0.2, -0.15) is 0 Å². The van der Waals surface area contributed by atoms with Gasteiger partial charge in [0, 0.05) is 5.41 Å². The number of fused-ring (bicyclic) bond motifs is 1. The van der Waals surface area contributed by atoms with Gasteiger partial charge in [0.15, 0.2) is 6.29 Å². The number of aliphatic hydroxyl groups is 2. The summed E-state index contributed by atoms with van der Waals surface area (Å²) in [6.45, 7) is 1.34. The summed E-state index contributed by atoms with van der Waals surface area (Å²) < 4.78 is 5.34. The second-order valence-corrected chi connectivity index (χ2v) is 4.51. The molecule has 2 aliphatic rings. The van der Waals surface area contributed by atoms with Crippen molar-refractivity contribution in [3.05, 3.63) is 34.9 Å². The van der Waals surface area contributed by atoms with Crippen molar-refractivity contribution in [2.75, 3.05) is 0 Å². The summed E-state index contributed by atoms with van der Waals surface area (Å²) in [7, 11) is 0. The first-order chi connectivity index (χ1) is 7.22. The van der Waals surface area contributed by atoms with Crippen LogP contribution >= 0.6 is 0 Å². The van der Waals surface area contributed by atoms with E-state index in [1.54, 1.807) is 0 Å². The summed E-state index contributed by atoms with van der Waals surface area (Å²) in [4.78, 5) is 0. The standard InChI is InChI=1S/C12H14O3/c13-11(14)12(3-4-12)10-2-1-8-6-15-7-9(8)5-10/h1-2,5,11,13-14H,3-4,6-7H2. The summed E-state index contributed by atoms with van der Waals surface area (Å²) in [5, 5.41) is 18.7. The predicted octanol–water partition coefficient (Wildman–Crippen LogP) is 1.06. The molecule has 0 amide bonds. The molecule has 0 unspecified atom stereocenters. The molecule has 80 valence electrons. The predicted molar refractivity (Wildman–Crippen MR) is 54.1 cm³/mol. The minimum absolute atomic E-state index is 0.391. The molecule has 0 aromatic heterocycles. The Morgan fingerprint density at radius 2 is 1.87 bits per heavy atom. The van der Waals surface area contributed by atoms with Gasteiger partial charge in [0.05, 0.1) is 13.2 Å². The van der Waals surface area contributed by atoms with Crippen molar-refractivity contribution < 1.29 is 14.9 Å². The Morgan fingerprint density at radius 3 is 2.53 bits per heavy atom. The molecular weight excluding hydrogens is 192 g/mol. The summed E-state index contributed by atoms with van der Waals surface area (Å²) in [6, 6.07) is 6.11. The van der Waals surface area contributed by atoms with Crippen molar-refractivity contribution in [1.29, 1.82) is 0 Å². The number of hydrogen-bond donors (Lipinski definition) is 2. The van der Waals surface area contributed by atoms with Crippen LogP contribution in [-0.2, 0) is 23.4 Å². The Hall–Kier alpha value is -0.900. The molecule has 0 spiro atoms. The minimum atomic E-state index is -1.24. The van der Waals surface area contributed by atoms with Gasteiger partial charge >= 0.3 is 0 Å². The number of hydrogen-bond acceptors (Lipinski definition) is 3. The Bertz CT molecular complexity index is 394. The molecule has 2 N–H and O–H groups in total. The molecule has 0 atom stereocenters. The Balaban J connectivity index is 2.00. The first kappa shape index (κ1) is 9.33. The average molecular weight is 206 g/mol. The van der Waals surface area contributed by atoms with E-state index in [-0.39, 0.29) is 0 Å². The van der Waals surface area contributed by atoms with E-state index in [1.807, 2.05) is 12.1 Å². The quantitative estimate of drug-likeness (QED) is 0.711. The fourth-order valence-electron chi connectivity index (χ4n) is 2.31. The van der Waals surface area contributed by atoms with Crippen molar-refractivity contribution in [2.45, 2.75) is 37.8 Å². The van der Waals surface area contributed by atoms with E-state index in [9.17, 15) is 10.2 Å². The Morgan fingerprint density at radius 1 is 1.13 bits per heavy atom. The molecule has 1 aliphatic heterocycles.